The van der Waals surface area contributed by atoms with Crippen molar-refractivity contribution in [3.63, 3.8) is 0 Å². The zero-order chi connectivity index (χ0) is 23.0. The fourth-order valence-electron chi connectivity index (χ4n) is 5.78. The molecule has 36 heavy (non-hydrogen) atoms. The van der Waals surface area contributed by atoms with Crippen LogP contribution in [0.2, 0.25) is 0 Å². The second-order valence-corrected chi connectivity index (χ2v) is 9.74. The molecule has 1 aliphatic rings. The second-order valence-electron chi connectivity index (χ2n) is 9.74. The van der Waals surface area contributed by atoms with Gasteiger partial charge in [0.2, 0.25) is 0 Å². The van der Waals surface area contributed by atoms with Crippen LogP contribution in [0.4, 0.5) is 0 Å². The van der Waals surface area contributed by atoms with Crippen molar-refractivity contribution in [2.45, 2.75) is 66.7 Å². The SMILES string of the molecule is CCC1=C(C(c2cc(C)cc(C)c2)(c2cc(C)cc(C)c2)c2cc(C)cc(C)c2)CC=[C-]1.[Cl-].[Cl-].[Cl-].[Ti+4]. The molecule has 0 fully saturated rings. The van der Waals surface area contributed by atoms with Gasteiger partial charge in [0.1, 0.15) is 0 Å². The molecule has 188 valence electrons. The number of aryl methyl sites for hydroxylation is 6. The first-order chi connectivity index (χ1) is 15.2. The van der Waals surface area contributed by atoms with Gasteiger partial charge in [-0.1, -0.05) is 108 Å². The molecule has 3 aromatic rings. The number of benzene rings is 3. The van der Waals surface area contributed by atoms with Crippen LogP contribution < -0.4 is 37.2 Å². The maximum atomic E-state index is 3.61. The Labute approximate surface area is 252 Å². The van der Waals surface area contributed by atoms with E-state index in [-0.39, 0.29) is 64.4 Å². The predicted octanol–water partition coefficient (Wildman–Crippen LogP) is -0.649. The third-order valence-corrected chi connectivity index (χ3v) is 6.72. The first-order valence-electron chi connectivity index (χ1n) is 11.8. The van der Waals surface area contributed by atoms with Gasteiger partial charge in [-0.15, -0.1) is 0 Å². The van der Waals surface area contributed by atoms with Gasteiger partial charge in [0, 0.05) is 5.41 Å². The topological polar surface area (TPSA) is 0 Å². The first kappa shape index (κ1) is 34.7. The number of hydrogen-bond donors (Lipinski definition) is 0. The molecule has 0 spiro atoms. The number of hydrogen-bond acceptors (Lipinski definition) is 0. The largest absolute Gasteiger partial charge is 4.00 e. The van der Waals surface area contributed by atoms with E-state index in [4.69, 9.17) is 0 Å². The molecule has 0 bridgehead atoms. The fourth-order valence-corrected chi connectivity index (χ4v) is 5.78. The van der Waals surface area contributed by atoms with Gasteiger partial charge < -0.3 is 37.2 Å². The molecule has 0 saturated heterocycles. The van der Waals surface area contributed by atoms with Gasteiger partial charge in [-0.25, -0.2) is 5.57 Å². The predicted molar refractivity (Wildman–Crippen MR) is 137 cm³/mol. The summed E-state index contributed by atoms with van der Waals surface area (Å²) in [5.41, 5.74) is 14.4. The Morgan fingerprint density at radius 1 is 0.583 bits per heavy atom. The minimum atomic E-state index is -0.338. The van der Waals surface area contributed by atoms with Crippen LogP contribution in [0.15, 0.2) is 71.8 Å². The summed E-state index contributed by atoms with van der Waals surface area (Å²) in [6, 6.07) is 21.3. The summed E-state index contributed by atoms with van der Waals surface area (Å²) < 4.78 is 0. The summed E-state index contributed by atoms with van der Waals surface area (Å²) in [6.07, 6.45) is 7.78. The Balaban J connectivity index is 0.00000306. The molecule has 0 saturated carbocycles. The molecular weight excluding hydrogens is 539 g/mol. The molecule has 0 amide bonds. The van der Waals surface area contributed by atoms with Crippen LogP contribution in [0.5, 0.6) is 0 Å². The Kier molecular flexibility index (Phi) is 13.5. The summed E-state index contributed by atoms with van der Waals surface area (Å²) in [5.74, 6) is 0. The molecular formula is C32H35Cl3Ti. The summed E-state index contributed by atoms with van der Waals surface area (Å²) in [7, 11) is 0. The second kappa shape index (κ2) is 14.0. The van der Waals surface area contributed by atoms with Crippen LogP contribution in [-0.2, 0) is 27.1 Å². The quantitative estimate of drug-likeness (QED) is 0.216. The third-order valence-electron chi connectivity index (χ3n) is 6.72. The first-order valence-corrected chi connectivity index (χ1v) is 11.8. The minimum absolute atomic E-state index is 0. The smallest absolute Gasteiger partial charge is 1.00 e. The summed E-state index contributed by atoms with van der Waals surface area (Å²) in [5, 5.41) is 0. The van der Waals surface area contributed by atoms with E-state index in [0.29, 0.717) is 0 Å². The molecule has 3 aromatic carbocycles. The van der Waals surface area contributed by atoms with E-state index in [2.05, 4.69) is 115 Å². The monoisotopic (exact) mass is 572 g/mol. The van der Waals surface area contributed by atoms with E-state index in [9.17, 15) is 0 Å². The Hall–Kier alpha value is -1.28. The molecule has 0 N–H and O–H groups in total. The van der Waals surface area contributed by atoms with Crippen molar-refractivity contribution in [1.82, 2.24) is 0 Å². The number of rotatable bonds is 5. The molecule has 0 unspecified atom stereocenters. The molecule has 1 aliphatic carbocycles. The molecule has 0 atom stereocenters. The van der Waals surface area contributed by atoms with Crippen LogP contribution in [0, 0.1) is 47.6 Å². The average Bonchev–Trinajstić information content (AvgIpc) is 3.15. The standard InChI is InChI=1S/C32H35.3ClH.Ti/c1-8-27-10-9-11-31(27)32(28-15-21(2)12-22(3)16-28,29-17-23(4)13-24(5)18-29)30-19-25(6)14-26(7)20-30;;;;/h9,12-20H,8,11H2,1-7H3;3*1H;/q-1;;;;+4/p-3. The van der Waals surface area contributed by atoms with Crippen molar-refractivity contribution in [3.05, 3.63) is 128 Å². The normalized spacial score (nSPS) is 12.3. The van der Waals surface area contributed by atoms with E-state index >= 15 is 0 Å². The molecule has 0 nitrogen and oxygen atoms in total. The minimum Gasteiger partial charge on any atom is -1.00 e. The Bertz CT molecular complexity index is 1070. The fraction of sp³-hybridized carbons (Fsp3) is 0.312. The van der Waals surface area contributed by atoms with Crippen molar-refractivity contribution < 1.29 is 58.9 Å². The van der Waals surface area contributed by atoms with E-state index in [1.807, 2.05) is 0 Å². The van der Waals surface area contributed by atoms with Crippen LogP contribution in [-0.4, -0.2) is 0 Å². The van der Waals surface area contributed by atoms with Crippen molar-refractivity contribution in [3.8, 4) is 0 Å². The maximum Gasteiger partial charge on any atom is 4.00 e. The molecule has 4 rings (SSSR count). The average molecular weight is 574 g/mol. The van der Waals surface area contributed by atoms with Gasteiger partial charge in [0.05, 0.1) is 0 Å². The zero-order valence-electron chi connectivity index (χ0n) is 22.3. The van der Waals surface area contributed by atoms with Crippen molar-refractivity contribution in [2.75, 3.05) is 0 Å². The van der Waals surface area contributed by atoms with Gasteiger partial charge in [-0.3, -0.25) is 6.08 Å². The summed E-state index contributed by atoms with van der Waals surface area (Å²) in [4.78, 5) is 0. The number of halogens is 3. The van der Waals surface area contributed by atoms with Gasteiger partial charge in [0.15, 0.2) is 0 Å². The molecule has 0 heterocycles. The maximum absolute atomic E-state index is 3.61. The molecule has 4 heteroatoms. The van der Waals surface area contributed by atoms with Gasteiger partial charge in [-0.2, -0.15) is 11.6 Å². The summed E-state index contributed by atoms with van der Waals surface area (Å²) in [6.45, 7) is 15.6. The molecule has 0 aliphatic heterocycles. The zero-order valence-corrected chi connectivity index (χ0v) is 26.2. The van der Waals surface area contributed by atoms with E-state index in [1.54, 1.807) is 0 Å². The van der Waals surface area contributed by atoms with Crippen LogP contribution in [0.1, 0.15) is 69.8 Å². The van der Waals surface area contributed by atoms with Crippen LogP contribution in [0.25, 0.3) is 0 Å². The van der Waals surface area contributed by atoms with Crippen LogP contribution in [0.3, 0.4) is 0 Å². The van der Waals surface area contributed by atoms with E-state index < -0.39 is 0 Å². The third kappa shape index (κ3) is 6.58. The van der Waals surface area contributed by atoms with Crippen molar-refractivity contribution in [1.29, 1.82) is 0 Å². The van der Waals surface area contributed by atoms with Gasteiger partial charge in [-0.05, 0) is 58.2 Å². The van der Waals surface area contributed by atoms with Gasteiger partial charge >= 0.3 is 21.7 Å². The van der Waals surface area contributed by atoms with E-state index in [0.717, 1.165) is 12.8 Å². The Morgan fingerprint density at radius 3 is 1.17 bits per heavy atom. The Morgan fingerprint density at radius 2 is 0.889 bits per heavy atom. The molecule has 0 aromatic heterocycles. The van der Waals surface area contributed by atoms with E-state index in [1.165, 1.54) is 61.2 Å². The van der Waals surface area contributed by atoms with Crippen molar-refractivity contribution >= 4 is 0 Å². The summed E-state index contributed by atoms with van der Waals surface area (Å²) >= 11 is 0. The van der Waals surface area contributed by atoms with Gasteiger partial charge in [0.25, 0.3) is 0 Å². The number of allylic oxidation sites excluding steroid dienone is 4. The van der Waals surface area contributed by atoms with Crippen molar-refractivity contribution in [2.24, 2.45) is 0 Å². The molecule has 0 radical (unpaired) electrons. The van der Waals surface area contributed by atoms with Crippen LogP contribution >= 0.6 is 0 Å².